The number of nitrogens with one attached hydrogen (secondary N) is 1. The minimum absolute atomic E-state index is 0.00719. The highest BCUT2D eigenvalue weighted by atomic mass is 35.5. The molecule has 0 saturated heterocycles. The van der Waals surface area contributed by atoms with Crippen molar-refractivity contribution in [2.24, 2.45) is 0 Å². The molecular weight excluding hydrogens is 313 g/mol. The molecule has 0 saturated carbocycles. The summed E-state index contributed by atoms with van der Waals surface area (Å²) in [5.74, 6) is -0.201. The minimum atomic E-state index is -1.23. The molecular formula is C15H13ClFNO4. The molecule has 1 aromatic carbocycles. The zero-order valence-corrected chi connectivity index (χ0v) is 12.8. The summed E-state index contributed by atoms with van der Waals surface area (Å²) in [5, 5.41) is 11.1. The Morgan fingerprint density at radius 2 is 1.95 bits per heavy atom. The van der Waals surface area contributed by atoms with Crippen molar-refractivity contribution < 1.29 is 23.8 Å². The maximum Gasteiger partial charge on any atom is 0.331 e. The summed E-state index contributed by atoms with van der Waals surface area (Å²) >= 11 is 5.80. The van der Waals surface area contributed by atoms with E-state index >= 15 is 0 Å². The predicted molar refractivity (Wildman–Crippen MR) is 80.1 cm³/mol. The largest absolute Gasteiger partial charge is 0.478 e. The van der Waals surface area contributed by atoms with Crippen LogP contribution in [0.15, 0.2) is 23.3 Å². The van der Waals surface area contributed by atoms with Crippen molar-refractivity contribution in [2.75, 3.05) is 5.32 Å². The van der Waals surface area contributed by atoms with Gasteiger partial charge in [0, 0.05) is 24.1 Å². The molecule has 1 aromatic rings. The normalized spacial score (nSPS) is 11.0. The highest BCUT2D eigenvalue weighted by Gasteiger charge is 2.16. The molecule has 7 heteroatoms. The third-order valence-electron chi connectivity index (χ3n) is 2.76. The lowest BCUT2D eigenvalue weighted by molar-refractivity contribution is -0.133. The van der Waals surface area contributed by atoms with Gasteiger partial charge < -0.3 is 15.2 Å². The number of hydrogen-bond donors (Lipinski definition) is 2. The molecule has 0 aliphatic heterocycles. The third kappa shape index (κ3) is 4.24. The molecule has 1 amide bonds. The number of benzene rings is 1. The van der Waals surface area contributed by atoms with Crippen LogP contribution in [0.25, 0.3) is 0 Å². The summed E-state index contributed by atoms with van der Waals surface area (Å²) in [6.45, 7) is 4.15. The Morgan fingerprint density at radius 3 is 2.50 bits per heavy atom. The lowest BCUT2D eigenvalue weighted by Crippen LogP contribution is -2.17. The van der Waals surface area contributed by atoms with Gasteiger partial charge in [-0.05, 0) is 19.9 Å². The average molecular weight is 326 g/mol. The first-order valence-corrected chi connectivity index (χ1v) is 6.45. The van der Waals surface area contributed by atoms with Crippen LogP contribution in [0.5, 0.6) is 5.75 Å². The molecule has 0 aliphatic carbocycles. The molecule has 0 bridgehead atoms. The van der Waals surface area contributed by atoms with Gasteiger partial charge in [0.1, 0.15) is 11.9 Å². The van der Waals surface area contributed by atoms with Crippen LogP contribution in [0.1, 0.15) is 20.8 Å². The van der Waals surface area contributed by atoms with Gasteiger partial charge in [-0.1, -0.05) is 17.5 Å². The van der Waals surface area contributed by atoms with Crippen molar-refractivity contribution >= 4 is 29.2 Å². The van der Waals surface area contributed by atoms with Gasteiger partial charge in [0.15, 0.2) is 5.75 Å². The smallest absolute Gasteiger partial charge is 0.331 e. The molecule has 0 aromatic heterocycles. The maximum atomic E-state index is 13.8. The van der Waals surface area contributed by atoms with E-state index in [1.807, 2.05) is 0 Å². The fourth-order valence-electron chi connectivity index (χ4n) is 1.36. The molecule has 116 valence electrons. The monoisotopic (exact) mass is 325 g/mol. The molecule has 0 spiro atoms. The molecule has 0 heterocycles. The summed E-state index contributed by atoms with van der Waals surface area (Å²) in [7, 11) is 0. The second-order valence-electron chi connectivity index (χ2n) is 4.23. The number of ether oxygens (including phenoxy) is 1. The molecule has 2 N–H and O–H groups in total. The molecule has 0 unspecified atom stereocenters. The van der Waals surface area contributed by atoms with Crippen LogP contribution in [-0.2, 0) is 9.59 Å². The fraction of sp³-hybridized carbons (Fsp3) is 0.200. The van der Waals surface area contributed by atoms with Gasteiger partial charge in [0.05, 0.1) is 10.7 Å². The van der Waals surface area contributed by atoms with E-state index < -0.39 is 17.7 Å². The SMILES string of the molecule is CC#COc1cc(NC(=O)C(C)=C(C)C(=O)O)c(F)cc1Cl. The average Bonchev–Trinajstić information content (AvgIpc) is 2.46. The van der Waals surface area contributed by atoms with E-state index in [1.165, 1.54) is 19.9 Å². The molecule has 0 radical (unpaired) electrons. The quantitative estimate of drug-likeness (QED) is 0.658. The van der Waals surface area contributed by atoms with Crippen LogP contribution in [-0.4, -0.2) is 17.0 Å². The standard InChI is InChI=1S/C15H13ClFNO4/c1-4-5-22-13-7-12(11(17)6-10(13)16)18-14(19)8(2)9(3)15(20)21/h6-7H,1-3H3,(H,18,19)(H,20,21). The van der Waals surface area contributed by atoms with Gasteiger partial charge in [-0.2, -0.15) is 0 Å². The molecule has 0 aliphatic rings. The van der Waals surface area contributed by atoms with Gasteiger partial charge in [-0.15, -0.1) is 0 Å². The Morgan fingerprint density at radius 1 is 1.32 bits per heavy atom. The first kappa shape index (κ1) is 17.5. The highest BCUT2D eigenvalue weighted by molar-refractivity contribution is 6.32. The summed E-state index contributed by atoms with van der Waals surface area (Å²) < 4.78 is 18.8. The van der Waals surface area contributed by atoms with Crippen molar-refractivity contribution in [1.82, 2.24) is 0 Å². The lowest BCUT2D eigenvalue weighted by atomic mass is 10.1. The number of halogens is 2. The third-order valence-corrected chi connectivity index (χ3v) is 3.05. The second kappa shape index (κ2) is 7.48. The molecule has 0 atom stereocenters. The zero-order chi connectivity index (χ0) is 16.9. The Labute approximate surface area is 131 Å². The van der Waals surface area contributed by atoms with E-state index in [2.05, 4.69) is 17.3 Å². The Kier molecular flexibility index (Phi) is 5.96. The predicted octanol–water partition coefficient (Wildman–Crippen LogP) is 3.20. The van der Waals surface area contributed by atoms with E-state index in [0.29, 0.717) is 0 Å². The number of carbonyl (C=O) groups excluding carboxylic acids is 1. The number of carbonyl (C=O) groups is 2. The molecule has 5 nitrogen and oxygen atoms in total. The van der Waals surface area contributed by atoms with E-state index in [0.717, 1.165) is 6.07 Å². The lowest BCUT2D eigenvalue weighted by Gasteiger charge is -2.10. The van der Waals surface area contributed by atoms with Gasteiger partial charge in [-0.25, -0.2) is 9.18 Å². The topological polar surface area (TPSA) is 75.6 Å². The van der Waals surface area contributed by atoms with Crippen LogP contribution < -0.4 is 10.1 Å². The van der Waals surface area contributed by atoms with Crippen LogP contribution >= 0.6 is 11.6 Å². The highest BCUT2D eigenvalue weighted by Crippen LogP contribution is 2.30. The summed E-state index contributed by atoms with van der Waals surface area (Å²) in [6.07, 6.45) is 2.30. The van der Waals surface area contributed by atoms with E-state index in [1.54, 1.807) is 6.92 Å². The number of rotatable bonds is 4. The van der Waals surface area contributed by atoms with Crippen LogP contribution in [0.4, 0.5) is 10.1 Å². The molecule has 22 heavy (non-hydrogen) atoms. The summed E-state index contributed by atoms with van der Waals surface area (Å²) in [4.78, 5) is 22.7. The van der Waals surface area contributed by atoms with Crippen molar-refractivity contribution in [3.05, 3.63) is 34.1 Å². The zero-order valence-electron chi connectivity index (χ0n) is 12.1. The van der Waals surface area contributed by atoms with Crippen LogP contribution in [0, 0.1) is 17.8 Å². The van der Waals surface area contributed by atoms with E-state index in [-0.39, 0.29) is 27.6 Å². The first-order chi connectivity index (χ1) is 10.3. The number of carboxylic acids is 1. The van der Waals surface area contributed by atoms with Crippen molar-refractivity contribution in [3.63, 3.8) is 0 Å². The van der Waals surface area contributed by atoms with Crippen LogP contribution in [0.2, 0.25) is 5.02 Å². The number of amides is 1. The maximum absolute atomic E-state index is 13.8. The van der Waals surface area contributed by atoms with Gasteiger partial charge in [-0.3, -0.25) is 4.79 Å². The number of hydrogen-bond acceptors (Lipinski definition) is 3. The summed E-state index contributed by atoms with van der Waals surface area (Å²) in [5.41, 5.74) is -0.377. The summed E-state index contributed by atoms with van der Waals surface area (Å²) in [6, 6.07) is 2.14. The molecule has 0 fully saturated rings. The second-order valence-corrected chi connectivity index (χ2v) is 4.63. The number of carboxylic acid groups (broad SMARTS) is 1. The number of aliphatic carboxylic acids is 1. The fourth-order valence-corrected chi connectivity index (χ4v) is 1.54. The number of anilines is 1. The van der Waals surface area contributed by atoms with Gasteiger partial charge in [0.25, 0.3) is 5.91 Å². The Hall–Kier alpha value is -2.52. The Balaban J connectivity index is 3.12. The van der Waals surface area contributed by atoms with Crippen LogP contribution in [0.3, 0.4) is 0 Å². The first-order valence-electron chi connectivity index (χ1n) is 6.07. The van der Waals surface area contributed by atoms with E-state index in [9.17, 15) is 14.0 Å². The van der Waals surface area contributed by atoms with Crippen molar-refractivity contribution in [3.8, 4) is 17.8 Å². The van der Waals surface area contributed by atoms with Gasteiger partial charge >= 0.3 is 5.97 Å². The van der Waals surface area contributed by atoms with Crippen molar-refractivity contribution in [2.45, 2.75) is 20.8 Å². The van der Waals surface area contributed by atoms with E-state index in [4.69, 9.17) is 21.4 Å². The molecule has 1 rings (SSSR count). The minimum Gasteiger partial charge on any atom is -0.478 e. The van der Waals surface area contributed by atoms with Crippen molar-refractivity contribution in [1.29, 1.82) is 0 Å². The Bertz CT molecular complexity index is 716. The van der Waals surface area contributed by atoms with Gasteiger partial charge in [0.2, 0.25) is 0 Å².